The second kappa shape index (κ2) is 6.90. The molecule has 1 aliphatic carbocycles. The quantitative estimate of drug-likeness (QED) is 0.375. The van der Waals surface area contributed by atoms with Gasteiger partial charge in [-0.3, -0.25) is 0 Å². The smallest absolute Gasteiger partial charge is 0.0538 e. The third kappa shape index (κ3) is 3.34. The Balaban J connectivity index is 2.73. The van der Waals surface area contributed by atoms with Crippen molar-refractivity contribution in [3.05, 3.63) is 53.1 Å². The molecular weight excluding hydrogens is 379 g/mol. The third-order valence-electron chi connectivity index (χ3n) is 4.85. The van der Waals surface area contributed by atoms with Crippen LogP contribution >= 0.6 is 22.6 Å². The summed E-state index contributed by atoms with van der Waals surface area (Å²) in [5.74, 6) is 1.79. The van der Waals surface area contributed by atoms with E-state index in [1.807, 2.05) is 0 Å². The Morgan fingerprint density at radius 1 is 0.909 bits per heavy atom. The van der Waals surface area contributed by atoms with E-state index in [0.717, 1.165) is 0 Å². The van der Waals surface area contributed by atoms with Crippen molar-refractivity contribution in [3.8, 4) is 0 Å². The van der Waals surface area contributed by atoms with E-state index in [4.69, 9.17) is 0 Å². The number of allylic oxidation sites excluding steroid dienone is 4. The van der Waals surface area contributed by atoms with Gasteiger partial charge in [-0.2, -0.15) is 0 Å². The van der Waals surface area contributed by atoms with Gasteiger partial charge in [0.1, 0.15) is 0 Å². The molecule has 0 fully saturated rings. The standard InChI is InChI=1S/C21H29I/c1-14(2)18-12-19(15(3)4)20(17-10-8-7-9-11-17)21(22,13-18)16(5)6/h7-12,14-16H,13H2,1-6H3. The molecule has 0 aliphatic heterocycles. The van der Waals surface area contributed by atoms with Crippen LogP contribution in [0.3, 0.4) is 0 Å². The first-order valence-corrected chi connectivity index (χ1v) is 9.54. The van der Waals surface area contributed by atoms with Gasteiger partial charge >= 0.3 is 0 Å². The van der Waals surface area contributed by atoms with E-state index in [0.29, 0.717) is 17.8 Å². The number of halogens is 1. The van der Waals surface area contributed by atoms with E-state index in [-0.39, 0.29) is 3.42 Å². The highest BCUT2D eigenvalue weighted by atomic mass is 127. The molecule has 1 atom stereocenters. The highest BCUT2D eigenvalue weighted by Gasteiger charge is 2.40. The van der Waals surface area contributed by atoms with E-state index >= 15 is 0 Å². The molecule has 0 nitrogen and oxygen atoms in total. The highest BCUT2D eigenvalue weighted by molar-refractivity contribution is 14.1. The van der Waals surface area contributed by atoms with Gasteiger partial charge in [-0.25, -0.2) is 0 Å². The molecule has 1 aliphatic rings. The second-order valence-electron chi connectivity index (χ2n) is 7.42. The zero-order valence-electron chi connectivity index (χ0n) is 14.8. The molecule has 0 amide bonds. The van der Waals surface area contributed by atoms with Gasteiger partial charge in [-0.15, -0.1) is 0 Å². The van der Waals surface area contributed by atoms with Crippen molar-refractivity contribution in [3.63, 3.8) is 0 Å². The van der Waals surface area contributed by atoms with Crippen LogP contribution in [-0.4, -0.2) is 3.42 Å². The summed E-state index contributed by atoms with van der Waals surface area (Å²) in [7, 11) is 0. The van der Waals surface area contributed by atoms with Crippen LogP contribution in [0, 0.1) is 17.8 Å². The molecule has 22 heavy (non-hydrogen) atoms. The number of rotatable bonds is 4. The van der Waals surface area contributed by atoms with Crippen LogP contribution in [0.15, 0.2) is 47.6 Å². The zero-order chi connectivity index (χ0) is 16.5. The average Bonchev–Trinajstić information content (AvgIpc) is 2.46. The molecule has 1 unspecified atom stereocenters. The lowest BCUT2D eigenvalue weighted by Gasteiger charge is -2.42. The third-order valence-corrected chi connectivity index (χ3v) is 7.01. The zero-order valence-corrected chi connectivity index (χ0v) is 16.9. The van der Waals surface area contributed by atoms with Gasteiger partial charge in [0.25, 0.3) is 0 Å². The SMILES string of the molecule is CC(C)C1=CC(C(C)C)=C(c2ccccc2)C(I)(C(C)C)C1. The topological polar surface area (TPSA) is 0 Å². The van der Waals surface area contributed by atoms with E-state index in [2.05, 4.69) is 101 Å². The van der Waals surface area contributed by atoms with Crippen molar-refractivity contribution >= 4 is 28.2 Å². The van der Waals surface area contributed by atoms with Crippen LogP contribution < -0.4 is 0 Å². The molecule has 1 heteroatoms. The van der Waals surface area contributed by atoms with Crippen molar-refractivity contribution in [2.24, 2.45) is 17.8 Å². The van der Waals surface area contributed by atoms with Gasteiger partial charge in [-0.05, 0) is 40.9 Å². The number of hydrogen-bond acceptors (Lipinski definition) is 0. The Morgan fingerprint density at radius 2 is 1.50 bits per heavy atom. The second-order valence-corrected chi connectivity index (χ2v) is 9.34. The van der Waals surface area contributed by atoms with Gasteiger partial charge in [0.05, 0.1) is 3.42 Å². The van der Waals surface area contributed by atoms with Crippen LogP contribution in [-0.2, 0) is 0 Å². The first kappa shape index (κ1) is 17.8. The van der Waals surface area contributed by atoms with Crippen LogP contribution in [0.1, 0.15) is 53.5 Å². The molecular formula is C21H29I. The molecule has 0 heterocycles. The fourth-order valence-electron chi connectivity index (χ4n) is 3.28. The lowest BCUT2D eigenvalue weighted by molar-refractivity contribution is 0.510. The van der Waals surface area contributed by atoms with Gasteiger partial charge in [0.2, 0.25) is 0 Å². The van der Waals surface area contributed by atoms with E-state index in [9.17, 15) is 0 Å². The molecule has 120 valence electrons. The van der Waals surface area contributed by atoms with Gasteiger partial charge < -0.3 is 0 Å². The first-order chi connectivity index (χ1) is 10.3. The molecule has 2 rings (SSSR count). The molecule has 0 saturated carbocycles. The Labute approximate surface area is 150 Å². The Hall–Kier alpha value is -0.570. The van der Waals surface area contributed by atoms with Gasteiger partial charge in [0, 0.05) is 0 Å². The monoisotopic (exact) mass is 408 g/mol. The Bertz CT molecular complexity index is 575. The van der Waals surface area contributed by atoms with Crippen LogP contribution in [0.5, 0.6) is 0 Å². The van der Waals surface area contributed by atoms with Crippen LogP contribution in [0.25, 0.3) is 5.57 Å². The van der Waals surface area contributed by atoms with Crippen molar-refractivity contribution in [1.29, 1.82) is 0 Å². The molecule has 1 aromatic rings. The minimum atomic E-state index is 0.188. The van der Waals surface area contributed by atoms with Crippen molar-refractivity contribution in [2.45, 2.75) is 51.4 Å². The minimum Gasteiger partial charge on any atom is -0.0730 e. The van der Waals surface area contributed by atoms with Gasteiger partial charge in [-0.1, -0.05) is 106 Å². The summed E-state index contributed by atoms with van der Waals surface area (Å²) in [6.45, 7) is 14.1. The summed E-state index contributed by atoms with van der Waals surface area (Å²) in [5.41, 5.74) is 6.09. The predicted molar refractivity (Wildman–Crippen MR) is 107 cm³/mol. The normalized spacial score (nSPS) is 22.7. The molecule has 0 saturated heterocycles. The Morgan fingerprint density at radius 3 is 1.95 bits per heavy atom. The van der Waals surface area contributed by atoms with Crippen molar-refractivity contribution in [2.75, 3.05) is 0 Å². The minimum absolute atomic E-state index is 0.188. The maximum atomic E-state index is 2.74. The highest BCUT2D eigenvalue weighted by Crippen LogP contribution is 2.52. The molecule has 1 aromatic carbocycles. The summed E-state index contributed by atoms with van der Waals surface area (Å²) in [5, 5.41) is 0. The van der Waals surface area contributed by atoms with Crippen LogP contribution in [0.4, 0.5) is 0 Å². The summed E-state index contributed by atoms with van der Waals surface area (Å²) in [6.07, 6.45) is 3.67. The maximum Gasteiger partial charge on any atom is 0.0538 e. The molecule has 0 spiro atoms. The van der Waals surface area contributed by atoms with Crippen molar-refractivity contribution in [1.82, 2.24) is 0 Å². The number of hydrogen-bond donors (Lipinski definition) is 0. The summed E-state index contributed by atoms with van der Waals surface area (Å²) >= 11 is 2.74. The lowest BCUT2D eigenvalue weighted by atomic mass is 9.70. The molecule has 0 bridgehead atoms. The molecule has 0 N–H and O–H groups in total. The lowest BCUT2D eigenvalue weighted by Crippen LogP contribution is -2.34. The predicted octanol–water partition coefficient (Wildman–Crippen LogP) is 6.91. The summed E-state index contributed by atoms with van der Waals surface area (Å²) < 4.78 is 0.188. The number of benzene rings is 1. The first-order valence-electron chi connectivity index (χ1n) is 8.46. The summed E-state index contributed by atoms with van der Waals surface area (Å²) in [6, 6.07) is 11.0. The van der Waals surface area contributed by atoms with Crippen LogP contribution in [0.2, 0.25) is 0 Å². The summed E-state index contributed by atoms with van der Waals surface area (Å²) in [4.78, 5) is 0. The van der Waals surface area contributed by atoms with Gasteiger partial charge in [0.15, 0.2) is 0 Å². The fraction of sp³-hybridized carbons (Fsp3) is 0.524. The largest absolute Gasteiger partial charge is 0.0730 e. The molecule has 0 aromatic heterocycles. The fourth-order valence-corrected chi connectivity index (χ4v) is 4.34. The number of alkyl halides is 1. The average molecular weight is 408 g/mol. The van der Waals surface area contributed by atoms with E-state index in [1.54, 1.807) is 11.1 Å². The Kier molecular flexibility index (Phi) is 5.58. The molecule has 0 radical (unpaired) electrons. The van der Waals surface area contributed by atoms with E-state index < -0.39 is 0 Å². The van der Waals surface area contributed by atoms with E-state index in [1.165, 1.54) is 17.6 Å². The maximum absolute atomic E-state index is 2.74. The van der Waals surface area contributed by atoms with Crippen molar-refractivity contribution < 1.29 is 0 Å².